The Kier molecular flexibility index (Phi) is 12.6. The smallest absolute Gasteiger partial charge is 0.414 e. The van der Waals surface area contributed by atoms with E-state index in [2.05, 4.69) is 20.9 Å². The Morgan fingerprint density at radius 3 is 1.84 bits per heavy atom. The van der Waals surface area contributed by atoms with E-state index in [1.54, 1.807) is 71.9 Å². The Morgan fingerprint density at radius 2 is 1.35 bits per heavy atom. The largest absolute Gasteiger partial charge is 0.480 e. The van der Waals surface area contributed by atoms with Crippen molar-refractivity contribution in [1.29, 1.82) is 0 Å². The Bertz CT molecular complexity index is 902. The lowest BCUT2D eigenvalue weighted by molar-refractivity contribution is -0.143. The van der Waals surface area contributed by atoms with Crippen molar-refractivity contribution >= 4 is 30.0 Å². The summed E-state index contributed by atoms with van der Waals surface area (Å²) in [5.74, 6) is -3.06. The maximum atomic E-state index is 12.3. The molecule has 0 saturated carbocycles. The number of aliphatic carboxylic acids is 1. The molecule has 37 heavy (non-hydrogen) atoms. The number of carboxylic acids is 1. The predicted octanol–water partition coefficient (Wildman–Crippen LogP) is 3.94. The molecule has 0 radical (unpaired) electrons. The lowest BCUT2D eigenvalue weighted by atomic mass is 9.98. The summed E-state index contributed by atoms with van der Waals surface area (Å²) >= 11 is 0. The highest BCUT2D eigenvalue weighted by molar-refractivity contribution is 6.02. The van der Waals surface area contributed by atoms with Crippen molar-refractivity contribution in [3.05, 3.63) is 35.9 Å². The standard InChI is InChI=1S/C26H40N4O7/c1-25(2,3)36-23(34)29-22(30-24(35)37-26(4,5)6)28-17-13-8-7-12-16-27-20(31)19(21(32)33)18-14-10-9-11-15-18/h9-11,14-15,19H,7-8,12-13,16-17H2,1-6H3,(H,27,31)(H,32,33)(H2,28,29,30,34,35). The monoisotopic (exact) mass is 520 g/mol. The van der Waals surface area contributed by atoms with Gasteiger partial charge in [-0.15, -0.1) is 0 Å². The van der Waals surface area contributed by atoms with Crippen molar-refractivity contribution in [3.63, 3.8) is 0 Å². The van der Waals surface area contributed by atoms with Crippen molar-refractivity contribution in [3.8, 4) is 0 Å². The van der Waals surface area contributed by atoms with Gasteiger partial charge < -0.3 is 19.9 Å². The van der Waals surface area contributed by atoms with Crippen LogP contribution in [0.5, 0.6) is 0 Å². The average molecular weight is 521 g/mol. The maximum Gasteiger partial charge on any atom is 0.414 e. The fourth-order valence-corrected chi connectivity index (χ4v) is 3.06. The van der Waals surface area contributed by atoms with Crippen LogP contribution in [0.25, 0.3) is 0 Å². The van der Waals surface area contributed by atoms with Gasteiger partial charge in [0.25, 0.3) is 0 Å². The third-order valence-electron chi connectivity index (χ3n) is 4.53. The maximum absolute atomic E-state index is 12.3. The van der Waals surface area contributed by atoms with Crippen LogP contribution in [0.2, 0.25) is 0 Å². The molecular formula is C26H40N4O7. The molecule has 0 aliphatic rings. The summed E-state index contributed by atoms with van der Waals surface area (Å²) < 4.78 is 10.4. The van der Waals surface area contributed by atoms with E-state index in [1.807, 2.05) is 0 Å². The van der Waals surface area contributed by atoms with Gasteiger partial charge in [0, 0.05) is 13.1 Å². The highest BCUT2D eigenvalue weighted by Gasteiger charge is 2.27. The first-order chi connectivity index (χ1) is 17.2. The number of hydrogen-bond acceptors (Lipinski definition) is 7. The van der Waals surface area contributed by atoms with Crippen LogP contribution in [0, 0.1) is 0 Å². The number of hydrogen-bond donors (Lipinski definition) is 4. The van der Waals surface area contributed by atoms with E-state index in [9.17, 15) is 24.3 Å². The van der Waals surface area contributed by atoms with Gasteiger partial charge in [-0.2, -0.15) is 0 Å². The summed E-state index contributed by atoms with van der Waals surface area (Å²) in [4.78, 5) is 52.3. The molecule has 0 aliphatic heterocycles. The van der Waals surface area contributed by atoms with Crippen LogP contribution in [0.4, 0.5) is 9.59 Å². The minimum absolute atomic E-state index is 0.0728. The minimum atomic E-state index is -1.25. The zero-order valence-corrected chi connectivity index (χ0v) is 22.6. The highest BCUT2D eigenvalue weighted by atomic mass is 16.6. The summed E-state index contributed by atoms with van der Waals surface area (Å²) in [6.45, 7) is 11.0. The van der Waals surface area contributed by atoms with Gasteiger partial charge in [-0.3, -0.25) is 25.2 Å². The van der Waals surface area contributed by atoms with Crippen LogP contribution in [-0.2, 0) is 19.1 Å². The number of ether oxygens (including phenoxy) is 2. The second-order valence-corrected chi connectivity index (χ2v) is 10.4. The second kappa shape index (κ2) is 14.8. The van der Waals surface area contributed by atoms with Crippen LogP contribution < -0.4 is 16.0 Å². The van der Waals surface area contributed by atoms with Crippen molar-refractivity contribution in [2.75, 3.05) is 13.1 Å². The molecule has 1 atom stereocenters. The highest BCUT2D eigenvalue weighted by Crippen LogP contribution is 2.16. The Balaban J connectivity index is 2.49. The molecule has 0 aromatic heterocycles. The first-order valence-electron chi connectivity index (χ1n) is 12.3. The van der Waals surface area contributed by atoms with Crippen LogP contribution in [0.1, 0.15) is 78.7 Å². The molecule has 206 valence electrons. The number of carbonyl (C=O) groups is 4. The molecule has 0 spiro atoms. The number of amides is 3. The molecule has 1 aromatic rings. The fraction of sp³-hybridized carbons (Fsp3) is 0.577. The number of nitrogens with zero attached hydrogens (tertiary/aromatic N) is 1. The van der Waals surface area contributed by atoms with E-state index in [0.29, 0.717) is 31.5 Å². The third kappa shape index (κ3) is 14.5. The quantitative estimate of drug-likeness (QED) is 0.158. The summed E-state index contributed by atoms with van der Waals surface area (Å²) in [6.07, 6.45) is 1.35. The van der Waals surface area contributed by atoms with Crippen molar-refractivity contribution in [1.82, 2.24) is 16.0 Å². The predicted molar refractivity (Wildman–Crippen MR) is 139 cm³/mol. The number of unbranched alkanes of at least 4 members (excludes halogenated alkanes) is 3. The molecule has 1 unspecified atom stereocenters. The van der Waals surface area contributed by atoms with Gasteiger partial charge in [0.1, 0.15) is 11.2 Å². The van der Waals surface area contributed by atoms with Crippen molar-refractivity contribution in [2.45, 2.75) is 84.3 Å². The first kappa shape index (κ1) is 31.4. The molecule has 0 fully saturated rings. The summed E-state index contributed by atoms with van der Waals surface area (Å²) in [6, 6.07) is 8.37. The summed E-state index contributed by atoms with van der Waals surface area (Å²) in [7, 11) is 0. The summed E-state index contributed by atoms with van der Waals surface area (Å²) in [5.41, 5.74) is -1.01. The molecule has 11 nitrogen and oxygen atoms in total. The second-order valence-electron chi connectivity index (χ2n) is 10.4. The molecule has 11 heteroatoms. The molecule has 3 amide bonds. The third-order valence-corrected chi connectivity index (χ3v) is 4.53. The molecule has 0 heterocycles. The van der Waals surface area contributed by atoms with E-state index < -0.39 is 41.2 Å². The van der Waals surface area contributed by atoms with Gasteiger partial charge in [-0.05, 0) is 59.9 Å². The molecule has 0 bridgehead atoms. The van der Waals surface area contributed by atoms with Crippen LogP contribution in [-0.4, -0.2) is 59.4 Å². The molecule has 0 aliphatic carbocycles. The SMILES string of the molecule is CC(C)(C)OC(=O)NC(=NCCCCCCNC(=O)C(C(=O)O)c1ccccc1)NC(=O)OC(C)(C)C. The van der Waals surface area contributed by atoms with Gasteiger partial charge >= 0.3 is 18.2 Å². The van der Waals surface area contributed by atoms with E-state index in [0.717, 1.165) is 12.8 Å². The number of aliphatic imine (C=N–C) groups is 1. The lowest BCUT2D eigenvalue weighted by Gasteiger charge is -2.22. The number of alkyl carbamates (subject to hydrolysis) is 2. The van der Waals surface area contributed by atoms with Gasteiger partial charge in [0.05, 0.1) is 0 Å². The molecule has 1 aromatic carbocycles. The number of carboxylic acid groups (broad SMARTS) is 1. The minimum Gasteiger partial charge on any atom is -0.480 e. The normalized spacial score (nSPS) is 12.1. The van der Waals surface area contributed by atoms with Gasteiger partial charge in [0.15, 0.2) is 5.92 Å². The van der Waals surface area contributed by atoms with E-state index in [-0.39, 0.29) is 5.96 Å². The fourth-order valence-electron chi connectivity index (χ4n) is 3.06. The Morgan fingerprint density at radius 1 is 0.838 bits per heavy atom. The van der Waals surface area contributed by atoms with Crippen molar-refractivity contribution in [2.24, 2.45) is 4.99 Å². The molecular weight excluding hydrogens is 480 g/mol. The van der Waals surface area contributed by atoms with Crippen LogP contribution in [0.15, 0.2) is 35.3 Å². The molecule has 4 N–H and O–H groups in total. The zero-order valence-electron chi connectivity index (χ0n) is 22.6. The zero-order chi connectivity index (χ0) is 28.1. The van der Waals surface area contributed by atoms with Crippen LogP contribution >= 0.6 is 0 Å². The average Bonchev–Trinajstić information content (AvgIpc) is 2.73. The number of nitrogens with one attached hydrogen (secondary N) is 3. The van der Waals surface area contributed by atoms with Crippen LogP contribution in [0.3, 0.4) is 0 Å². The van der Waals surface area contributed by atoms with E-state index in [4.69, 9.17) is 9.47 Å². The number of rotatable bonds is 10. The van der Waals surface area contributed by atoms with E-state index >= 15 is 0 Å². The molecule has 0 saturated heterocycles. The first-order valence-corrected chi connectivity index (χ1v) is 12.3. The van der Waals surface area contributed by atoms with Gasteiger partial charge in [-0.1, -0.05) is 43.2 Å². The number of carbonyl (C=O) groups excluding carboxylic acids is 3. The Hall–Kier alpha value is -3.63. The van der Waals surface area contributed by atoms with Gasteiger partial charge in [0.2, 0.25) is 11.9 Å². The van der Waals surface area contributed by atoms with E-state index in [1.165, 1.54) is 0 Å². The summed E-state index contributed by atoms with van der Waals surface area (Å²) in [5, 5.41) is 17.0. The Labute approximate surface area is 218 Å². The topological polar surface area (TPSA) is 155 Å². The van der Waals surface area contributed by atoms with Crippen molar-refractivity contribution < 1.29 is 33.8 Å². The lowest BCUT2D eigenvalue weighted by Crippen LogP contribution is -2.47. The number of benzene rings is 1. The number of guanidine groups is 1. The molecule has 1 rings (SSSR count). The van der Waals surface area contributed by atoms with Gasteiger partial charge in [-0.25, -0.2) is 9.59 Å².